The molecule has 0 saturated heterocycles. The van der Waals surface area contributed by atoms with Crippen LogP contribution in [0.5, 0.6) is 0 Å². The minimum atomic E-state index is -2.97. The quantitative estimate of drug-likeness (QED) is 0.209. The van der Waals surface area contributed by atoms with Crippen molar-refractivity contribution in [1.82, 2.24) is 0 Å². The number of hydrogen-bond donors (Lipinski definition) is 1. The largest absolute Gasteiger partial charge is 0.404 e. The van der Waals surface area contributed by atoms with Gasteiger partial charge < -0.3 is 19.0 Å². The van der Waals surface area contributed by atoms with Gasteiger partial charge in [-0.05, 0) is 53.0 Å². The monoisotopic (exact) mass is 575 g/mol. The third-order valence-corrected chi connectivity index (χ3v) is 12.2. The van der Waals surface area contributed by atoms with Gasteiger partial charge in [-0.1, -0.05) is 81.4 Å². The molecule has 3 aromatic carbocycles. The molecule has 8 nitrogen and oxygen atoms in total. The number of aliphatic hydroxyl groups is 1. The number of nitro benzene ring substituents is 1. The Labute approximate surface area is 241 Å². The van der Waals surface area contributed by atoms with Crippen molar-refractivity contribution in [2.45, 2.75) is 64.3 Å². The minimum Gasteiger partial charge on any atom is -0.404 e. The van der Waals surface area contributed by atoms with Gasteiger partial charge in [0.25, 0.3) is 14.0 Å². The fourth-order valence-corrected chi connectivity index (χ4v) is 9.84. The smallest absolute Gasteiger partial charge is 0.269 e. The molecule has 0 fully saturated rings. The topological polar surface area (TPSA) is 108 Å². The summed E-state index contributed by atoms with van der Waals surface area (Å²) >= 11 is 0. The maximum atomic E-state index is 13.8. The van der Waals surface area contributed by atoms with Crippen molar-refractivity contribution < 1.29 is 28.7 Å². The molecule has 0 aromatic heterocycles. The van der Waals surface area contributed by atoms with Crippen LogP contribution >= 0.6 is 0 Å². The van der Waals surface area contributed by atoms with Gasteiger partial charge in [-0.3, -0.25) is 14.9 Å². The molecule has 0 aliphatic carbocycles. The molecule has 0 saturated carbocycles. The highest BCUT2D eigenvalue weighted by atomic mass is 28.4. The fraction of sp³-hybridized carbons (Fsp3) is 0.344. The predicted molar refractivity (Wildman–Crippen MR) is 160 cm³/mol. The molecule has 1 aliphatic heterocycles. The summed E-state index contributed by atoms with van der Waals surface area (Å²) in [5.41, 5.74) is 0.352. The molecule has 9 heteroatoms. The van der Waals surface area contributed by atoms with Crippen LogP contribution in [0.4, 0.5) is 5.69 Å². The van der Waals surface area contributed by atoms with Crippen molar-refractivity contribution in [3.05, 3.63) is 112 Å². The van der Waals surface area contributed by atoms with Gasteiger partial charge in [-0.2, -0.15) is 0 Å². The van der Waals surface area contributed by atoms with Crippen LogP contribution in [0.15, 0.2) is 96.6 Å². The van der Waals surface area contributed by atoms with Gasteiger partial charge in [-0.25, -0.2) is 0 Å². The summed E-state index contributed by atoms with van der Waals surface area (Å²) in [7, 11) is -2.97. The van der Waals surface area contributed by atoms with E-state index in [-0.39, 0.29) is 29.0 Å². The summed E-state index contributed by atoms with van der Waals surface area (Å²) in [5, 5.41) is 24.1. The molecule has 1 aliphatic rings. The third kappa shape index (κ3) is 6.55. The lowest BCUT2D eigenvalue weighted by molar-refractivity contribution is -0.384. The number of carbonyl (C=O) groups excluding carboxylic acids is 1. The average Bonchev–Trinajstić information content (AvgIpc) is 2.94. The molecular weight excluding hydrogens is 538 g/mol. The number of non-ortho nitro benzene ring substituents is 1. The second-order valence-corrected chi connectivity index (χ2v) is 15.7. The van der Waals surface area contributed by atoms with Crippen molar-refractivity contribution >= 4 is 30.2 Å². The number of ketones is 1. The van der Waals surface area contributed by atoms with E-state index in [0.717, 1.165) is 10.4 Å². The van der Waals surface area contributed by atoms with Gasteiger partial charge >= 0.3 is 0 Å². The summed E-state index contributed by atoms with van der Waals surface area (Å²) in [6.07, 6.45) is -1.97. The number of benzene rings is 3. The van der Waals surface area contributed by atoms with Gasteiger partial charge in [0, 0.05) is 17.7 Å². The molecule has 0 bridgehead atoms. The number of ether oxygens (including phenoxy) is 2. The van der Waals surface area contributed by atoms with Crippen LogP contribution < -0.4 is 10.4 Å². The predicted octanol–water partition coefficient (Wildman–Crippen LogP) is 4.85. The van der Waals surface area contributed by atoms with E-state index in [1.54, 1.807) is 0 Å². The maximum absolute atomic E-state index is 13.8. The Kier molecular flexibility index (Phi) is 9.36. The van der Waals surface area contributed by atoms with Crippen molar-refractivity contribution in [3.8, 4) is 0 Å². The summed E-state index contributed by atoms with van der Waals surface area (Å²) in [5.74, 6) is -0.419. The standard InChI is InChI=1S/C32H37NO7Si/c1-22(2)39-29-20-27(30(34)23-16-18-24(19-17-23)33(36)37)31(35)28(40-29)21-38-41(32(3,4)5,25-12-8-6-9-13-25)26-14-10-7-11-15-26/h6-20,22,28-30,34H,21H2,1-5H3/t28-,29+,30-/m1/s1. The first-order valence-corrected chi connectivity index (χ1v) is 15.6. The second kappa shape index (κ2) is 12.6. The van der Waals surface area contributed by atoms with Gasteiger partial charge in [0.05, 0.1) is 17.6 Å². The molecule has 1 heterocycles. The highest BCUT2D eigenvalue weighted by molar-refractivity contribution is 6.99. The molecule has 0 spiro atoms. The first-order valence-electron chi connectivity index (χ1n) is 13.7. The number of carbonyl (C=O) groups is 1. The summed E-state index contributed by atoms with van der Waals surface area (Å²) in [6.45, 7) is 10.1. The highest BCUT2D eigenvalue weighted by Gasteiger charge is 2.51. The zero-order valence-electron chi connectivity index (χ0n) is 24.0. The van der Waals surface area contributed by atoms with Gasteiger partial charge in [0.2, 0.25) is 0 Å². The number of Topliss-reactive ketones (excluding diaryl/α,β-unsaturated/α-hetero) is 1. The van der Waals surface area contributed by atoms with Crippen LogP contribution in [0.25, 0.3) is 0 Å². The van der Waals surface area contributed by atoms with Crippen molar-refractivity contribution in [3.63, 3.8) is 0 Å². The summed E-state index contributed by atoms with van der Waals surface area (Å²) < 4.78 is 19.0. The van der Waals surface area contributed by atoms with E-state index >= 15 is 0 Å². The Morgan fingerprint density at radius 3 is 1.95 bits per heavy atom. The molecule has 3 atom stereocenters. The lowest BCUT2D eigenvalue weighted by Crippen LogP contribution is -2.67. The summed E-state index contributed by atoms with van der Waals surface area (Å²) in [6, 6.07) is 25.7. The second-order valence-electron chi connectivity index (χ2n) is 11.4. The van der Waals surface area contributed by atoms with E-state index in [2.05, 4.69) is 45.0 Å². The Balaban J connectivity index is 1.70. The van der Waals surface area contributed by atoms with Crippen LogP contribution in [-0.4, -0.2) is 49.2 Å². The van der Waals surface area contributed by atoms with E-state index in [4.69, 9.17) is 13.9 Å². The van der Waals surface area contributed by atoms with Crippen LogP contribution in [0.2, 0.25) is 5.04 Å². The number of rotatable bonds is 10. The SMILES string of the molecule is CC(C)O[C@@H]1C=C([C@H](O)c2ccc([N+](=O)[O-])cc2)C(=O)[C@@H](CO[Si](c2ccccc2)(c2ccccc2)C(C)(C)C)O1. The molecule has 0 unspecified atom stereocenters. The molecule has 0 amide bonds. The van der Waals surface area contributed by atoms with E-state index in [9.17, 15) is 20.0 Å². The Morgan fingerprint density at radius 1 is 0.951 bits per heavy atom. The van der Waals surface area contributed by atoms with E-state index in [1.165, 1.54) is 30.3 Å². The van der Waals surface area contributed by atoms with Crippen molar-refractivity contribution in [2.24, 2.45) is 0 Å². The highest BCUT2D eigenvalue weighted by Crippen LogP contribution is 2.38. The Morgan fingerprint density at radius 2 is 1.49 bits per heavy atom. The number of aliphatic hydroxyl groups excluding tert-OH is 1. The molecule has 4 rings (SSSR count). The Bertz CT molecular complexity index is 1330. The molecule has 216 valence electrons. The third-order valence-electron chi connectivity index (χ3n) is 7.18. The number of nitro groups is 1. The molecule has 1 N–H and O–H groups in total. The molecule has 0 radical (unpaired) electrons. The van der Waals surface area contributed by atoms with Crippen LogP contribution in [-0.2, 0) is 18.7 Å². The number of nitrogens with zero attached hydrogens (tertiary/aromatic N) is 1. The number of hydrogen-bond acceptors (Lipinski definition) is 7. The molecule has 3 aromatic rings. The van der Waals surface area contributed by atoms with Crippen LogP contribution in [0.3, 0.4) is 0 Å². The minimum absolute atomic E-state index is 0.0472. The van der Waals surface area contributed by atoms with Crippen molar-refractivity contribution in [1.29, 1.82) is 0 Å². The summed E-state index contributed by atoms with van der Waals surface area (Å²) in [4.78, 5) is 24.4. The first-order chi connectivity index (χ1) is 19.4. The lowest BCUT2D eigenvalue weighted by atomic mass is 9.93. The molecule has 41 heavy (non-hydrogen) atoms. The Hall–Kier alpha value is -3.47. The molecular formula is C32H37NO7Si. The van der Waals surface area contributed by atoms with E-state index < -0.39 is 37.5 Å². The fourth-order valence-electron chi connectivity index (χ4n) is 5.28. The lowest BCUT2D eigenvalue weighted by Gasteiger charge is -2.44. The van der Waals surface area contributed by atoms with E-state index in [1.807, 2.05) is 50.2 Å². The first kappa shape index (κ1) is 30.5. The zero-order chi connectivity index (χ0) is 29.8. The normalized spacial score (nSPS) is 18.7. The van der Waals surface area contributed by atoms with Crippen molar-refractivity contribution in [2.75, 3.05) is 6.61 Å². The average molecular weight is 576 g/mol. The van der Waals surface area contributed by atoms with Gasteiger partial charge in [0.15, 0.2) is 12.1 Å². The van der Waals surface area contributed by atoms with Crippen LogP contribution in [0.1, 0.15) is 46.3 Å². The van der Waals surface area contributed by atoms with E-state index in [0.29, 0.717) is 5.56 Å². The maximum Gasteiger partial charge on any atom is 0.269 e. The van der Waals surface area contributed by atoms with Gasteiger partial charge in [-0.15, -0.1) is 0 Å². The van der Waals surface area contributed by atoms with Crippen LogP contribution in [0, 0.1) is 10.1 Å². The zero-order valence-corrected chi connectivity index (χ0v) is 25.0. The van der Waals surface area contributed by atoms with Gasteiger partial charge in [0.1, 0.15) is 12.2 Å².